The highest BCUT2D eigenvalue weighted by Gasteiger charge is 2.26. The summed E-state index contributed by atoms with van der Waals surface area (Å²) in [7, 11) is 0. The second-order valence-corrected chi connectivity index (χ2v) is 3.46. The predicted molar refractivity (Wildman–Crippen MR) is 45.5 cm³/mol. The average Bonchev–Trinajstić information content (AvgIpc) is 1.98. The number of hydrogen-bond acceptors (Lipinski definition) is 1. The first kappa shape index (κ1) is 8.98. The van der Waals surface area contributed by atoms with Crippen LogP contribution in [0, 0.1) is 0 Å². The van der Waals surface area contributed by atoms with E-state index in [0.717, 1.165) is 38.8 Å². The first-order valence-corrected chi connectivity index (χ1v) is 4.66. The average molecular weight is 159 g/mol. The topological polar surface area (TPSA) is 12.0 Å². The van der Waals surface area contributed by atoms with Crippen LogP contribution in [0.3, 0.4) is 0 Å². The zero-order valence-corrected chi connectivity index (χ0v) is 7.33. The molecule has 1 N–H and O–H groups in total. The van der Waals surface area contributed by atoms with Crippen LogP contribution in [0.25, 0.3) is 0 Å². The Morgan fingerprint density at radius 2 is 1.82 bits per heavy atom. The summed E-state index contributed by atoms with van der Waals surface area (Å²) in [5, 5.41) is 3.28. The molecule has 0 unspecified atom stereocenters. The molecule has 1 nitrogen and oxygen atoms in total. The number of halogens is 1. The summed E-state index contributed by atoms with van der Waals surface area (Å²) >= 11 is 0. The van der Waals surface area contributed by atoms with Crippen LogP contribution in [0.1, 0.15) is 39.0 Å². The van der Waals surface area contributed by atoms with Gasteiger partial charge in [-0.2, -0.15) is 0 Å². The quantitative estimate of drug-likeness (QED) is 0.619. The Morgan fingerprint density at radius 3 is 2.27 bits per heavy atom. The molecule has 1 saturated heterocycles. The van der Waals surface area contributed by atoms with Crippen molar-refractivity contribution in [1.29, 1.82) is 0 Å². The van der Waals surface area contributed by atoms with Crippen molar-refractivity contribution in [2.75, 3.05) is 13.1 Å². The van der Waals surface area contributed by atoms with Crippen molar-refractivity contribution in [3.8, 4) is 0 Å². The Bertz CT molecular complexity index is 106. The molecule has 0 spiro atoms. The Balaban J connectivity index is 2.37. The van der Waals surface area contributed by atoms with Crippen LogP contribution in [0.2, 0.25) is 0 Å². The minimum absolute atomic E-state index is 0.688. The van der Waals surface area contributed by atoms with E-state index in [4.69, 9.17) is 0 Å². The fourth-order valence-corrected chi connectivity index (χ4v) is 1.66. The fraction of sp³-hybridized carbons (Fsp3) is 1.00. The molecule has 11 heavy (non-hydrogen) atoms. The van der Waals surface area contributed by atoms with Gasteiger partial charge in [0.15, 0.2) is 0 Å². The van der Waals surface area contributed by atoms with Gasteiger partial charge in [-0.05, 0) is 45.2 Å². The molecule has 1 fully saturated rings. The maximum atomic E-state index is 13.7. The molecule has 0 atom stereocenters. The minimum atomic E-state index is -0.845. The van der Waals surface area contributed by atoms with E-state index in [1.165, 1.54) is 0 Å². The SMILES string of the molecule is CCC1(F)CCCNCCC1. The van der Waals surface area contributed by atoms with Crippen molar-refractivity contribution in [3.05, 3.63) is 0 Å². The van der Waals surface area contributed by atoms with Crippen LogP contribution in [0.5, 0.6) is 0 Å². The highest BCUT2D eigenvalue weighted by Crippen LogP contribution is 2.28. The van der Waals surface area contributed by atoms with Gasteiger partial charge >= 0.3 is 0 Å². The van der Waals surface area contributed by atoms with Crippen LogP contribution in [-0.2, 0) is 0 Å². The van der Waals surface area contributed by atoms with Gasteiger partial charge in [-0.25, -0.2) is 4.39 Å². The monoisotopic (exact) mass is 159 g/mol. The van der Waals surface area contributed by atoms with Crippen LogP contribution in [0.15, 0.2) is 0 Å². The van der Waals surface area contributed by atoms with E-state index in [0.29, 0.717) is 6.42 Å². The lowest BCUT2D eigenvalue weighted by molar-refractivity contribution is 0.119. The molecule has 1 aliphatic rings. The molecule has 0 radical (unpaired) electrons. The van der Waals surface area contributed by atoms with Gasteiger partial charge in [0.05, 0.1) is 0 Å². The highest BCUT2D eigenvalue weighted by molar-refractivity contribution is 4.79. The van der Waals surface area contributed by atoms with Crippen molar-refractivity contribution < 1.29 is 4.39 Å². The molecule has 2 heteroatoms. The smallest absolute Gasteiger partial charge is 0.110 e. The van der Waals surface area contributed by atoms with E-state index in [1.54, 1.807) is 0 Å². The Hall–Kier alpha value is -0.110. The lowest BCUT2D eigenvalue weighted by Crippen LogP contribution is -2.29. The van der Waals surface area contributed by atoms with Gasteiger partial charge in [0.1, 0.15) is 5.67 Å². The van der Waals surface area contributed by atoms with Gasteiger partial charge in [0.25, 0.3) is 0 Å². The molecule has 0 saturated carbocycles. The van der Waals surface area contributed by atoms with E-state index >= 15 is 0 Å². The molecule has 0 amide bonds. The molecule has 1 rings (SSSR count). The number of rotatable bonds is 1. The van der Waals surface area contributed by atoms with Gasteiger partial charge in [-0.15, -0.1) is 0 Å². The number of alkyl halides is 1. The number of nitrogens with one attached hydrogen (secondary N) is 1. The third-order valence-corrected chi connectivity index (χ3v) is 2.59. The standard InChI is InChI=1S/C9H18FN/c1-2-9(10)5-3-7-11-8-4-6-9/h11H,2-8H2,1H3. The predicted octanol–water partition coefficient (Wildman–Crippen LogP) is 2.27. The zero-order valence-electron chi connectivity index (χ0n) is 7.33. The van der Waals surface area contributed by atoms with E-state index in [-0.39, 0.29) is 0 Å². The Kier molecular flexibility index (Phi) is 3.31. The third-order valence-electron chi connectivity index (χ3n) is 2.59. The first-order valence-electron chi connectivity index (χ1n) is 4.66. The number of hydrogen-bond donors (Lipinski definition) is 1. The fourth-order valence-electron chi connectivity index (χ4n) is 1.66. The lowest BCUT2D eigenvalue weighted by atomic mass is 9.90. The minimum Gasteiger partial charge on any atom is -0.317 e. The zero-order chi connectivity index (χ0) is 8.16. The lowest BCUT2D eigenvalue weighted by Gasteiger charge is -2.26. The molecule has 1 heterocycles. The summed E-state index contributed by atoms with van der Waals surface area (Å²) in [6.45, 7) is 3.94. The summed E-state index contributed by atoms with van der Waals surface area (Å²) in [5.74, 6) is 0. The van der Waals surface area contributed by atoms with Crippen LogP contribution in [-0.4, -0.2) is 18.8 Å². The summed E-state index contributed by atoms with van der Waals surface area (Å²) in [6, 6.07) is 0. The maximum Gasteiger partial charge on any atom is 0.110 e. The highest BCUT2D eigenvalue weighted by atomic mass is 19.1. The van der Waals surface area contributed by atoms with Crippen molar-refractivity contribution in [2.24, 2.45) is 0 Å². The normalized spacial score (nSPS) is 25.6. The van der Waals surface area contributed by atoms with E-state index < -0.39 is 5.67 Å². The second-order valence-electron chi connectivity index (χ2n) is 3.46. The van der Waals surface area contributed by atoms with E-state index in [9.17, 15) is 4.39 Å². The van der Waals surface area contributed by atoms with Gasteiger partial charge in [0, 0.05) is 0 Å². The van der Waals surface area contributed by atoms with Crippen LogP contribution in [0.4, 0.5) is 4.39 Å². The Morgan fingerprint density at radius 1 is 1.27 bits per heavy atom. The molecular formula is C9H18FN. The summed E-state index contributed by atoms with van der Waals surface area (Å²) in [4.78, 5) is 0. The van der Waals surface area contributed by atoms with Crippen molar-refractivity contribution in [1.82, 2.24) is 5.32 Å². The van der Waals surface area contributed by atoms with Crippen molar-refractivity contribution >= 4 is 0 Å². The molecule has 1 aliphatic heterocycles. The molecule has 0 aliphatic carbocycles. The van der Waals surface area contributed by atoms with E-state index in [1.807, 2.05) is 6.92 Å². The van der Waals surface area contributed by atoms with Crippen LogP contribution < -0.4 is 5.32 Å². The molecule has 0 aromatic heterocycles. The van der Waals surface area contributed by atoms with Gasteiger partial charge < -0.3 is 5.32 Å². The summed E-state index contributed by atoms with van der Waals surface area (Å²) < 4.78 is 13.7. The third kappa shape index (κ3) is 2.78. The second kappa shape index (κ2) is 4.05. The molecule has 0 bridgehead atoms. The first-order chi connectivity index (χ1) is 5.27. The Labute approximate surface area is 68.4 Å². The molecule has 0 aromatic rings. The van der Waals surface area contributed by atoms with Gasteiger partial charge in [-0.1, -0.05) is 6.92 Å². The van der Waals surface area contributed by atoms with Gasteiger partial charge in [0.2, 0.25) is 0 Å². The van der Waals surface area contributed by atoms with Crippen LogP contribution >= 0.6 is 0 Å². The van der Waals surface area contributed by atoms with Crippen molar-refractivity contribution in [2.45, 2.75) is 44.7 Å². The maximum absolute atomic E-state index is 13.7. The largest absolute Gasteiger partial charge is 0.317 e. The van der Waals surface area contributed by atoms with E-state index in [2.05, 4.69) is 5.32 Å². The van der Waals surface area contributed by atoms with Gasteiger partial charge in [-0.3, -0.25) is 0 Å². The molecule has 0 aromatic carbocycles. The molecule has 66 valence electrons. The summed E-state index contributed by atoms with van der Waals surface area (Å²) in [5.41, 5.74) is -0.845. The van der Waals surface area contributed by atoms with Crippen molar-refractivity contribution in [3.63, 3.8) is 0 Å². The molecular weight excluding hydrogens is 141 g/mol. The summed E-state index contributed by atoms with van der Waals surface area (Å²) in [6.07, 6.45) is 4.16.